The maximum Gasteiger partial charge on any atom is 0.0400 e. The highest BCUT2D eigenvalue weighted by Gasteiger charge is 2.14. The van der Waals surface area contributed by atoms with Crippen LogP contribution in [0.2, 0.25) is 0 Å². The molecule has 0 bridgehead atoms. The molecule has 2 heteroatoms. The molecule has 0 fully saturated rings. The Morgan fingerprint density at radius 2 is 1.79 bits per heavy atom. The Morgan fingerprint density at radius 1 is 1.21 bits per heavy atom. The molecule has 0 heterocycles. The number of rotatable bonds is 4. The van der Waals surface area contributed by atoms with Crippen LogP contribution in [0.1, 0.15) is 25.0 Å². The quantitative estimate of drug-likeness (QED) is 0.755. The highest BCUT2D eigenvalue weighted by molar-refractivity contribution is 6.18. The second kappa shape index (κ2) is 4.81. The Labute approximate surface area is 91.5 Å². The summed E-state index contributed by atoms with van der Waals surface area (Å²) in [5.74, 6) is 0.624. The van der Waals surface area contributed by atoms with E-state index in [1.165, 1.54) is 11.1 Å². The third kappa shape index (κ3) is 3.69. The number of halogens is 1. The molecule has 1 aromatic carbocycles. The monoisotopic (exact) mass is 211 g/mol. The largest absolute Gasteiger partial charge is 0.307 e. The van der Waals surface area contributed by atoms with Gasteiger partial charge in [-0.15, -0.1) is 11.6 Å². The molecule has 0 saturated carbocycles. The summed E-state index contributed by atoms with van der Waals surface area (Å²) in [4.78, 5) is 0. The van der Waals surface area contributed by atoms with E-state index < -0.39 is 0 Å². The van der Waals surface area contributed by atoms with Crippen LogP contribution >= 0.6 is 11.6 Å². The van der Waals surface area contributed by atoms with Crippen LogP contribution in [0, 0.1) is 6.92 Å². The van der Waals surface area contributed by atoms with Crippen LogP contribution < -0.4 is 5.32 Å². The molecule has 0 unspecified atom stereocenters. The third-order valence-electron chi connectivity index (χ3n) is 2.23. The van der Waals surface area contributed by atoms with Gasteiger partial charge in [-0.1, -0.05) is 29.8 Å². The SMILES string of the molecule is Cc1ccc(CNC(C)(C)CCl)cc1. The average molecular weight is 212 g/mol. The van der Waals surface area contributed by atoms with Gasteiger partial charge >= 0.3 is 0 Å². The molecule has 0 atom stereocenters. The van der Waals surface area contributed by atoms with Gasteiger partial charge in [-0.25, -0.2) is 0 Å². The van der Waals surface area contributed by atoms with E-state index in [1.54, 1.807) is 0 Å². The fourth-order valence-corrected chi connectivity index (χ4v) is 1.19. The summed E-state index contributed by atoms with van der Waals surface area (Å²) in [5.41, 5.74) is 2.60. The topological polar surface area (TPSA) is 12.0 Å². The Bertz CT molecular complexity index is 277. The van der Waals surface area contributed by atoms with Gasteiger partial charge in [0.15, 0.2) is 0 Å². The van der Waals surface area contributed by atoms with E-state index in [4.69, 9.17) is 11.6 Å². The van der Waals surface area contributed by atoms with Gasteiger partial charge in [0.1, 0.15) is 0 Å². The van der Waals surface area contributed by atoms with Crippen molar-refractivity contribution < 1.29 is 0 Å². The lowest BCUT2D eigenvalue weighted by Crippen LogP contribution is -2.40. The first-order valence-corrected chi connectivity index (χ1v) is 5.43. The predicted octanol–water partition coefficient (Wildman–Crippen LogP) is 3.10. The van der Waals surface area contributed by atoms with Crippen LogP contribution in [0.4, 0.5) is 0 Å². The molecule has 0 radical (unpaired) electrons. The summed E-state index contributed by atoms with van der Waals surface area (Å²) in [5, 5.41) is 3.41. The van der Waals surface area contributed by atoms with E-state index in [0.717, 1.165) is 6.54 Å². The summed E-state index contributed by atoms with van der Waals surface area (Å²) in [6, 6.07) is 8.55. The number of benzene rings is 1. The van der Waals surface area contributed by atoms with Crippen molar-refractivity contribution in [3.63, 3.8) is 0 Å². The lowest BCUT2D eigenvalue weighted by Gasteiger charge is -2.23. The van der Waals surface area contributed by atoms with Crippen LogP contribution in [0.5, 0.6) is 0 Å². The van der Waals surface area contributed by atoms with Gasteiger partial charge in [0.25, 0.3) is 0 Å². The highest BCUT2D eigenvalue weighted by atomic mass is 35.5. The number of nitrogens with one attached hydrogen (secondary N) is 1. The first-order chi connectivity index (χ1) is 6.53. The highest BCUT2D eigenvalue weighted by Crippen LogP contribution is 2.08. The molecule has 0 aliphatic heterocycles. The van der Waals surface area contributed by atoms with Gasteiger partial charge in [-0.2, -0.15) is 0 Å². The first kappa shape index (κ1) is 11.5. The summed E-state index contributed by atoms with van der Waals surface area (Å²) in [6.45, 7) is 7.18. The van der Waals surface area contributed by atoms with Gasteiger partial charge in [-0.05, 0) is 26.3 Å². The van der Waals surface area contributed by atoms with E-state index >= 15 is 0 Å². The molecular formula is C12H18ClN. The van der Waals surface area contributed by atoms with Gasteiger partial charge in [0, 0.05) is 18.0 Å². The fraction of sp³-hybridized carbons (Fsp3) is 0.500. The van der Waals surface area contributed by atoms with Crippen molar-refractivity contribution in [2.24, 2.45) is 0 Å². The molecule has 1 rings (SSSR count). The Hall–Kier alpha value is -0.530. The second-order valence-corrected chi connectivity index (χ2v) is 4.62. The van der Waals surface area contributed by atoms with Crippen molar-refractivity contribution in [2.45, 2.75) is 32.9 Å². The molecule has 14 heavy (non-hydrogen) atoms. The van der Waals surface area contributed by atoms with Crippen LogP contribution in [-0.2, 0) is 6.54 Å². The van der Waals surface area contributed by atoms with E-state index in [2.05, 4.69) is 50.4 Å². The third-order valence-corrected chi connectivity index (χ3v) is 2.89. The zero-order chi connectivity index (χ0) is 10.6. The fourth-order valence-electron chi connectivity index (χ4n) is 1.09. The number of alkyl halides is 1. The van der Waals surface area contributed by atoms with Crippen molar-refractivity contribution in [1.29, 1.82) is 0 Å². The zero-order valence-corrected chi connectivity index (χ0v) is 9.86. The molecule has 0 saturated heterocycles. The zero-order valence-electron chi connectivity index (χ0n) is 9.10. The Balaban J connectivity index is 2.50. The molecule has 0 amide bonds. The summed E-state index contributed by atoms with van der Waals surface area (Å²) >= 11 is 5.82. The minimum Gasteiger partial charge on any atom is -0.307 e. The molecule has 0 aromatic heterocycles. The molecule has 78 valence electrons. The predicted molar refractivity (Wildman–Crippen MR) is 62.8 cm³/mol. The number of hydrogen-bond acceptors (Lipinski definition) is 1. The average Bonchev–Trinajstić information content (AvgIpc) is 2.17. The lowest BCUT2D eigenvalue weighted by molar-refractivity contribution is 0.429. The van der Waals surface area contributed by atoms with Gasteiger partial charge in [0.05, 0.1) is 0 Å². The van der Waals surface area contributed by atoms with E-state index in [0.29, 0.717) is 5.88 Å². The van der Waals surface area contributed by atoms with Gasteiger partial charge < -0.3 is 5.32 Å². The van der Waals surface area contributed by atoms with Crippen LogP contribution in [-0.4, -0.2) is 11.4 Å². The molecule has 0 spiro atoms. The second-order valence-electron chi connectivity index (χ2n) is 4.36. The summed E-state index contributed by atoms with van der Waals surface area (Å²) in [6.07, 6.45) is 0. The number of hydrogen-bond donors (Lipinski definition) is 1. The molecule has 1 N–H and O–H groups in total. The molecule has 1 aromatic rings. The number of aryl methyl sites for hydroxylation is 1. The van der Waals surface area contributed by atoms with E-state index in [9.17, 15) is 0 Å². The van der Waals surface area contributed by atoms with Crippen molar-refractivity contribution in [1.82, 2.24) is 5.32 Å². The van der Waals surface area contributed by atoms with Gasteiger partial charge in [-0.3, -0.25) is 0 Å². The van der Waals surface area contributed by atoms with Crippen molar-refractivity contribution in [2.75, 3.05) is 5.88 Å². The molecule has 0 aliphatic rings. The van der Waals surface area contributed by atoms with E-state index in [1.807, 2.05) is 0 Å². The standard InChI is InChI=1S/C12H18ClN/c1-10-4-6-11(7-5-10)8-14-12(2,3)9-13/h4-7,14H,8-9H2,1-3H3. The lowest BCUT2D eigenvalue weighted by atomic mass is 10.1. The summed E-state index contributed by atoms with van der Waals surface area (Å²) < 4.78 is 0. The Morgan fingerprint density at radius 3 is 2.29 bits per heavy atom. The minimum atomic E-state index is 0.00639. The van der Waals surface area contributed by atoms with E-state index in [-0.39, 0.29) is 5.54 Å². The van der Waals surface area contributed by atoms with Crippen LogP contribution in [0.25, 0.3) is 0 Å². The molecule has 0 aliphatic carbocycles. The van der Waals surface area contributed by atoms with Crippen molar-refractivity contribution in [3.05, 3.63) is 35.4 Å². The van der Waals surface area contributed by atoms with Crippen LogP contribution in [0.15, 0.2) is 24.3 Å². The van der Waals surface area contributed by atoms with Gasteiger partial charge in [0.2, 0.25) is 0 Å². The van der Waals surface area contributed by atoms with Crippen LogP contribution in [0.3, 0.4) is 0 Å². The van der Waals surface area contributed by atoms with Crippen molar-refractivity contribution in [3.8, 4) is 0 Å². The minimum absolute atomic E-state index is 0.00639. The maximum atomic E-state index is 5.82. The first-order valence-electron chi connectivity index (χ1n) is 4.90. The maximum absolute atomic E-state index is 5.82. The smallest absolute Gasteiger partial charge is 0.0400 e. The normalized spacial score (nSPS) is 11.7. The van der Waals surface area contributed by atoms with Crippen molar-refractivity contribution >= 4 is 11.6 Å². The molecule has 1 nitrogen and oxygen atoms in total. The molecular weight excluding hydrogens is 194 g/mol. The Kier molecular flexibility index (Phi) is 3.97. The summed E-state index contributed by atoms with van der Waals surface area (Å²) in [7, 11) is 0.